The van der Waals surface area contributed by atoms with Gasteiger partial charge in [-0.3, -0.25) is 4.79 Å². The minimum atomic E-state index is -1.17. The molecule has 1 heterocycles. The fourth-order valence-corrected chi connectivity index (χ4v) is 2.96. The van der Waals surface area contributed by atoms with E-state index in [4.69, 9.17) is 14.6 Å². The van der Waals surface area contributed by atoms with Crippen LogP contribution in [0.5, 0.6) is 0 Å². The first-order chi connectivity index (χ1) is 11.0. The molecule has 1 aliphatic carbocycles. The zero-order chi connectivity index (χ0) is 16.3. The summed E-state index contributed by atoms with van der Waals surface area (Å²) in [6.07, 6.45) is 2.02. The Morgan fingerprint density at radius 3 is 2.26 bits per heavy atom. The van der Waals surface area contributed by atoms with Crippen LogP contribution >= 0.6 is 0 Å². The molecule has 0 radical (unpaired) electrons. The zero-order valence-corrected chi connectivity index (χ0v) is 12.9. The van der Waals surface area contributed by atoms with Crippen molar-refractivity contribution in [3.8, 4) is 11.8 Å². The number of aliphatic hydroxyl groups is 2. The van der Waals surface area contributed by atoms with Crippen LogP contribution in [0.4, 0.5) is 0 Å². The van der Waals surface area contributed by atoms with Crippen LogP contribution in [0.3, 0.4) is 0 Å². The number of ketones is 1. The Balaban J connectivity index is 1.64. The topological polar surface area (TPSA) is 76.0 Å². The summed E-state index contributed by atoms with van der Waals surface area (Å²) >= 11 is 0. The molecule has 1 aromatic rings. The van der Waals surface area contributed by atoms with E-state index in [1.54, 1.807) is 24.3 Å². The zero-order valence-electron chi connectivity index (χ0n) is 12.9. The maximum atomic E-state index is 12.1. The molecule has 1 saturated heterocycles. The molecule has 0 atom stereocenters. The Labute approximate surface area is 135 Å². The van der Waals surface area contributed by atoms with Crippen LogP contribution in [0.1, 0.15) is 41.6 Å². The van der Waals surface area contributed by atoms with E-state index in [0.717, 1.165) is 5.56 Å². The Hall–Kier alpha value is -1.71. The van der Waals surface area contributed by atoms with Gasteiger partial charge >= 0.3 is 0 Å². The molecule has 0 unspecified atom stereocenters. The van der Waals surface area contributed by atoms with Crippen LogP contribution in [0, 0.1) is 11.8 Å². The lowest BCUT2D eigenvalue weighted by Gasteiger charge is -2.37. The molecule has 1 aliphatic heterocycles. The van der Waals surface area contributed by atoms with Gasteiger partial charge in [0.05, 0.1) is 19.8 Å². The molecule has 1 aromatic carbocycles. The molecular weight excluding hydrogens is 296 g/mol. The Bertz CT molecular complexity index is 622. The second-order valence-corrected chi connectivity index (χ2v) is 6.07. The lowest BCUT2D eigenvalue weighted by molar-refractivity contribution is -0.195. The van der Waals surface area contributed by atoms with Crippen LogP contribution in [-0.2, 0) is 16.1 Å². The van der Waals surface area contributed by atoms with Crippen LogP contribution in [0.25, 0.3) is 0 Å². The third kappa shape index (κ3) is 3.62. The molecule has 1 saturated carbocycles. The first-order valence-electron chi connectivity index (χ1n) is 7.82. The summed E-state index contributed by atoms with van der Waals surface area (Å²) in [5, 5.41) is 19.5. The SMILES string of the molecule is O=C(C#CC1(O)CCC2(CC1)OCCO2)c1ccc(CO)cc1. The van der Waals surface area contributed by atoms with E-state index in [0.29, 0.717) is 44.5 Å². The molecule has 5 heteroatoms. The van der Waals surface area contributed by atoms with E-state index in [1.807, 2.05) is 0 Å². The highest BCUT2D eigenvalue weighted by atomic mass is 16.7. The fraction of sp³-hybridized carbons (Fsp3) is 0.500. The lowest BCUT2D eigenvalue weighted by atomic mass is 9.81. The summed E-state index contributed by atoms with van der Waals surface area (Å²) in [5.74, 6) is 4.38. The molecule has 0 amide bonds. The number of carbonyl (C=O) groups excluding carboxylic acids is 1. The van der Waals surface area contributed by atoms with Gasteiger partial charge in [-0.1, -0.05) is 30.2 Å². The molecule has 2 aliphatic rings. The summed E-state index contributed by atoms with van der Waals surface area (Å²) in [5.41, 5.74) is 0.0247. The minimum Gasteiger partial charge on any atom is -0.392 e. The number of ether oxygens (including phenoxy) is 2. The molecule has 3 rings (SSSR count). The summed E-state index contributed by atoms with van der Waals surface area (Å²) < 4.78 is 11.2. The molecular formula is C18H20O5. The summed E-state index contributed by atoms with van der Waals surface area (Å²) in [7, 11) is 0. The third-order valence-electron chi connectivity index (χ3n) is 4.46. The van der Waals surface area contributed by atoms with Gasteiger partial charge in [0.2, 0.25) is 5.78 Å². The molecule has 23 heavy (non-hydrogen) atoms. The highest BCUT2D eigenvalue weighted by molar-refractivity contribution is 6.09. The number of hydrogen-bond acceptors (Lipinski definition) is 5. The number of rotatable bonds is 2. The first-order valence-corrected chi connectivity index (χ1v) is 7.82. The number of aliphatic hydroxyl groups excluding tert-OH is 1. The molecule has 122 valence electrons. The average Bonchev–Trinajstić information content (AvgIpc) is 3.05. The quantitative estimate of drug-likeness (QED) is 0.490. The monoisotopic (exact) mass is 316 g/mol. The second-order valence-electron chi connectivity index (χ2n) is 6.07. The third-order valence-corrected chi connectivity index (χ3v) is 4.46. The van der Waals surface area contributed by atoms with Crippen molar-refractivity contribution >= 4 is 5.78 Å². The number of carbonyl (C=O) groups is 1. The van der Waals surface area contributed by atoms with Gasteiger partial charge in [0.15, 0.2) is 5.79 Å². The lowest BCUT2D eigenvalue weighted by Crippen LogP contribution is -2.42. The van der Waals surface area contributed by atoms with Crippen molar-refractivity contribution in [3.05, 3.63) is 35.4 Å². The maximum Gasteiger partial charge on any atom is 0.235 e. The Morgan fingerprint density at radius 2 is 1.70 bits per heavy atom. The second kappa shape index (κ2) is 6.42. The van der Waals surface area contributed by atoms with Gasteiger partial charge in [0, 0.05) is 18.4 Å². The van der Waals surface area contributed by atoms with Crippen molar-refractivity contribution in [2.45, 2.75) is 43.7 Å². The number of hydrogen-bond donors (Lipinski definition) is 2. The van der Waals surface area contributed by atoms with E-state index < -0.39 is 11.4 Å². The van der Waals surface area contributed by atoms with Crippen LogP contribution in [-0.4, -0.2) is 40.6 Å². The maximum absolute atomic E-state index is 12.1. The fourth-order valence-electron chi connectivity index (χ4n) is 2.96. The van der Waals surface area contributed by atoms with Gasteiger partial charge in [-0.05, 0) is 24.3 Å². The molecule has 1 spiro atoms. The average molecular weight is 316 g/mol. The van der Waals surface area contributed by atoms with Crippen molar-refractivity contribution in [3.63, 3.8) is 0 Å². The van der Waals surface area contributed by atoms with E-state index in [9.17, 15) is 9.90 Å². The van der Waals surface area contributed by atoms with E-state index in [-0.39, 0.29) is 12.4 Å². The van der Waals surface area contributed by atoms with Gasteiger partial charge in [0.25, 0.3) is 0 Å². The van der Waals surface area contributed by atoms with E-state index in [1.165, 1.54) is 0 Å². The van der Waals surface area contributed by atoms with Crippen molar-refractivity contribution in [2.75, 3.05) is 13.2 Å². The van der Waals surface area contributed by atoms with Crippen LogP contribution in [0.15, 0.2) is 24.3 Å². The smallest absolute Gasteiger partial charge is 0.235 e. The van der Waals surface area contributed by atoms with Crippen molar-refractivity contribution in [1.29, 1.82) is 0 Å². The number of Topliss-reactive ketones (excluding diaryl/α,β-unsaturated/α-hetero) is 1. The normalized spacial score (nSPS) is 21.7. The van der Waals surface area contributed by atoms with Gasteiger partial charge < -0.3 is 19.7 Å². The molecule has 2 N–H and O–H groups in total. The summed E-state index contributed by atoms with van der Waals surface area (Å²) in [6.45, 7) is 1.12. The van der Waals surface area contributed by atoms with Crippen molar-refractivity contribution < 1.29 is 24.5 Å². The van der Waals surface area contributed by atoms with Crippen molar-refractivity contribution in [1.82, 2.24) is 0 Å². The predicted molar refractivity (Wildman–Crippen MR) is 82.5 cm³/mol. The molecule has 0 aromatic heterocycles. The Morgan fingerprint density at radius 1 is 1.09 bits per heavy atom. The standard InChI is InChI=1S/C18H20O5/c19-13-14-1-3-15(4-2-14)16(20)5-6-17(21)7-9-18(10-8-17)22-11-12-23-18/h1-4,19,21H,7-13H2. The van der Waals surface area contributed by atoms with Gasteiger partial charge in [-0.2, -0.15) is 0 Å². The van der Waals surface area contributed by atoms with Crippen LogP contribution in [0.2, 0.25) is 0 Å². The Kier molecular flexibility index (Phi) is 4.51. The van der Waals surface area contributed by atoms with Gasteiger partial charge in [-0.25, -0.2) is 0 Å². The van der Waals surface area contributed by atoms with E-state index >= 15 is 0 Å². The molecule has 5 nitrogen and oxygen atoms in total. The minimum absolute atomic E-state index is 0.0637. The number of benzene rings is 1. The van der Waals surface area contributed by atoms with Gasteiger partial charge in [-0.15, -0.1) is 0 Å². The van der Waals surface area contributed by atoms with Gasteiger partial charge in [0.1, 0.15) is 5.60 Å². The highest BCUT2D eigenvalue weighted by Gasteiger charge is 2.44. The molecule has 2 fully saturated rings. The van der Waals surface area contributed by atoms with E-state index in [2.05, 4.69) is 11.8 Å². The predicted octanol–water partition coefficient (Wildman–Crippen LogP) is 1.41. The van der Waals surface area contributed by atoms with Crippen LogP contribution < -0.4 is 0 Å². The summed E-state index contributed by atoms with van der Waals surface area (Å²) in [6, 6.07) is 6.62. The first kappa shape index (κ1) is 16.2. The van der Waals surface area contributed by atoms with Crippen molar-refractivity contribution in [2.24, 2.45) is 0 Å². The molecule has 0 bridgehead atoms. The highest BCUT2D eigenvalue weighted by Crippen LogP contribution is 2.39. The summed E-state index contributed by atoms with van der Waals surface area (Å²) in [4.78, 5) is 12.1. The largest absolute Gasteiger partial charge is 0.392 e.